The van der Waals surface area contributed by atoms with Gasteiger partial charge in [-0.15, -0.1) is 0 Å². The molecule has 0 atom stereocenters. The van der Waals surface area contributed by atoms with E-state index >= 15 is 0 Å². The second kappa shape index (κ2) is 4.67. The summed E-state index contributed by atoms with van der Waals surface area (Å²) in [7, 11) is 0. The molecule has 0 radical (unpaired) electrons. The number of rotatable bonds is 3. The van der Waals surface area contributed by atoms with Gasteiger partial charge < -0.3 is 5.73 Å². The Morgan fingerprint density at radius 2 is 2.25 bits per heavy atom. The second-order valence-corrected chi connectivity index (χ2v) is 3.34. The molecule has 2 heterocycles. The van der Waals surface area contributed by atoms with Gasteiger partial charge in [-0.1, -0.05) is 0 Å². The molecule has 0 bridgehead atoms. The molecule has 0 amide bonds. The van der Waals surface area contributed by atoms with Crippen LogP contribution in [0, 0.1) is 0 Å². The van der Waals surface area contributed by atoms with Gasteiger partial charge in [-0.3, -0.25) is 14.3 Å². The Kier molecular flexibility index (Phi) is 3.07. The molecule has 0 aromatic carbocycles. The first kappa shape index (κ1) is 10.5. The Balaban J connectivity index is 2.31. The van der Waals surface area contributed by atoms with Gasteiger partial charge in [0.1, 0.15) is 6.33 Å². The average molecular weight is 216 g/mol. The van der Waals surface area contributed by atoms with Gasteiger partial charge in [0.05, 0.1) is 5.56 Å². The fourth-order valence-corrected chi connectivity index (χ4v) is 1.47. The molecule has 0 aliphatic carbocycles. The van der Waals surface area contributed by atoms with Crippen molar-refractivity contribution in [1.29, 1.82) is 0 Å². The largest absolute Gasteiger partial charge is 0.330 e. The smallest absolute Gasteiger partial charge is 0.264 e. The standard InChI is InChI=1S/C11H12N4O/c12-4-3-10-7-14-8-15(10)11(16)9-2-1-5-13-6-9/h1-2,5-8H,3-4,12H2. The van der Waals surface area contributed by atoms with E-state index in [0.29, 0.717) is 18.5 Å². The summed E-state index contributed by atoms with van der Waals surface area (Å²) in [4.78, 5) is 19.9. The van der Waals surface area contributed by atoms with E-state index in [1.807, 2.05) is 0 Å². The van der Waals surface area contributed by atoms with Crippen LogP contribution in [-0.2, 0) is 6.42 Å². The van der Waals surface area contributed by atoms with Crippen molar-refractivity contribution >= 4 is 5.91 Å². The van der Waals surface area contributed by atoms with Crippen molar-refractivity contribution in [2.75, 3.05) is 6.54 Å². The van der Waals surface area contributed by atoms with Crippen LogP contribution in [0.3, 0.4) is 0 Å². The van der Waals surface area contributed by atoms with Crippen molar-refractivity contribution in [3.05, 3.63) is 48.3 Å². The molecule has 0 aliphatic heterocycles. The van der Waals surface area contributed by atoms with Crippen molar-refractivity contribution in [3.63, 3.8) is 0 Å². The number of pyridine rings is 1. The molecular weight excluding hydrogens is 204 g/mol. The number of carbonyl (C=O) groups is 1. The van der Waals surface area contributed by atoms with E-state index in [9.17, 15) is 4.79 Å². The third-order valence-electron chi connectivity index (χ3n) is 2.24. The van der Waals surface area contributed by atoms with E-state index in [1.165, 1.54) is 17.1 Å². The Labute approximate surface area is 92.9 Å². The summed E-state index contributed by atoms with van der Waals surface area (Å²) in [5.41, 5.74) is 6.82. The zero-order valence-corrected chi connectivity index (χ0v) is 8.71. The van der Waals surface area contributed by atoms with Crippen LogP contribution in [0.4, 0.5) is 0 Å². The van der Waals surface area contributed by atoms with Gasteiger partial charge >= 0.3 is 0 Å². The number of hydrogen-bond donors (Lipinski definition) is 1. The fourth-order valence-electron chi connectivity index (χ4n) is 1.47. The first-order chi connectivity index (χ1) is 7.83. The van der Waals surface area contributed by atoms with Gasteiger partial charge in [0.25, 0.3) is 5.91 Å². The molecule has 0 fully saturated rings. The van der Waals surface area contributed by atoms with Crippen LogP contribution < -0.4 is 5.73 Å². The summed E-state index contributed by atoms with van der Waals surface area (Å²) in [6, 6.07) is 3.45. The van der Waals surface area contributed by atoms with E-state index < -0.39 is 0 Å². The van der Waals surface area contributed by atoms with Gasteiger partial charge in [-0.05, 0) is 18.7 Å². The van der Waals surface area contributed by atoms with Crippen LogP contribution in [0.25, 0.3) is 0 Å². The first-order valence-corrected chi connectivity index (χ1v) is 4.99. The van der Waals surface area contributed by atoms with Gasteiger partial charge in [-0.25, -0.2) is 4.98 Å². The molecule has 2 aromatic rings. The summed E-state index contributed by atoms with van der Waals surface area (Å²) in [5.74, 6) is -0.131. The third kappa shape index (κ3) is 1.99. The molecule has 82 valence electrons. The van der Waals surface area contributed by atoms with Crippen molar-refractivity contribution in [1.82, 2.24) is 14.5 Å². The molecule has 5 heteroatoms. The monoisotopic (exact) mass is 216 g/mol. The zero-order valence-electron chi connectivity index (χ0n) is 8.71. The van der Waals surface area contributed by atoms with E-state index in [4.69, 9.17) is 5.73 Å². The van der Waals surface area contributed by atoms with Crippen LogP contribution in [0.1, 0.15) is 16.1 Å². The number of aromatic nitrogens is 3. The highest BCUT2D eigenvalue weighted by atomic mass is 16.2. The number of nitrogens with two attached hydrogens (primary N) is 1. The number of carbonyl (C=O) groups excluding carboxylic acids is 1. The Morgan fingerprint density at radius 1 is 1.38 bits per heavy atom. The Hall–Kier alpha value is -2.01. The highest BCUT2D eigenvalue weighted by Crippen LogP contribution is 2.05. The molecule has 16 heavy (non-hydrogen) atoms. The summed E-state index contributed by atoms with van der Waals surface area (Å²) in [6.45, 7) is 0.492. The molecule has 0 saturated carbocycles. The van der Waals surface area contributed by atoms with Gasteiger partial charge in [0, 0.05) is 30.7 Å². The summed E-state index contributed by atoms with van der Waals surface area (Å²) in [6.07, 6.45) is 6.95. The van der Waals surface area contributed by atoms with Crippen LogP contribution in [0.15, 0.2) is 37.1 Å². The molecule has 0 saturated heterocycles. The maximum absolute atomic E-state index is 12.0. The lowest BCUT2D eigenvalue weighted by Crippen LogP contribution is -2.16. The average Bonchev–Trinajstić information content (AvgIpc) is 2.78. The Morgan fingerprint density at radius 3 is 2.94 bits per heavy atom. The Bertz CT molecular complexity index is 478. The van der Waals surface area contributed by atoms with Crippen LogP contribution in [0.2, 0.25) is 0 Å². The number of nitrogens with zero attached hydrogens (tertiary/aromatic N) is 3. The minimum Gasteiger partial charge on any atom is -0.330 e. The van der Waals surface area contributed by atoms with Gasteiger partial charge in [0.2, 0.25) is 0 Å². The lowest BCUT2D eigenvalue weighted by atomic mass is 10.2. The molecule has 0 unspecified atom stereocenters. The number of imidazole rings is 1. The van der Waals surface area contributed by atoms with Crippen LogP contribution >= 0.6 is 0 Å². The summed E-state index contributed by atoms with van der Waals surface area (Å²) >= 11 is 0. The lowest BCUT2D eigenvalue weighted by molar-refractivity contribution is 0.0956. The predicted molar refractivity (Wildman–Crippen MR) is 59.0 cm³/mol. The summed E-state index contributed by atoms with van der Waals surface area (Å²) < 4.78 is 1.50. The maximum atomic E-state index is 12.0. The van der Waals surface area contributed by atoms with Crippen molar-refractivity contribution in [2.45, 2.75) is 6.42 Å². The quantitative estimate of drug-likeness (QED) is 0.809. The highest BCUT2D eigenvalue weighted by molar-refractivity contribution is 5.95. The van der Waals surface area contributed by atoms with Crippen molar-refractivity contribution < 1.29 is 4.79 Å². The molecular formula is C11H12N4O. The van der Waals surface area contributed by atoms with Crippen LogP contribution in [0.5, 0.6) is 0 Å². The number of hydrogen-bond acceptors (Lipinski definition) is 4. The van der Waals surface area contributed by atoms with E-state index in [0.717, 1.165) is 5.69 Å². The molecule has 0 spiro atoms. The van der Waals surface area contributed by atoms with E-state index in [1.54, 1.807) is 24.5 Å². The normalized spacial score (nSPS) is 10.3. The second-order valence-electron chi connectivity index (χ2n) is 3.34. The highest BCUT2D eigenvalue weighted by Gasteiger charge is 2.11. The van der Waals surface area contributed by atoms with Gasteiger partial charge in [-0.2, -0.15) is 0 Å². The minimum absolute atomic E-state index is 0.131. The fraction of sp³-hybridized carbons (Fsp3) is 0.182. The lowest BCUT2D eigenvalue weighted by Gasteiger charge is -2.05. The first-order valence-electron chi connectivity index (χ1n) is 4.99. The molecule has 5 nitrogen and oxygen atoms in total. The van der Waals surface area contributed by atoms with Crippen molar-refractivity contribution in [2.24, 2.45) is 5.73 Å². The molecule has 2 rings (SSSR count). The topological polar surface area (TPSA) is 73.8 Å². The SMILES string of the molecule is NCCc1cncn1C(=O)c1cccnc1. The van der Waals surface area contributed by atoms with Crippen LogP contribution in [-0.4, -0.2) is 27.0 Å². The summed E-state index contributed by atoms with van der Waals surface area (Å²) in [5, 5.41) is 0. The zero-order chi connectivity index (χ0) is 11.4. The third-order valence-corrected chi connectivity index (χ3v) is 2.24. The minimum atomic E-state index is -0.131. The van der Waals surface area contributed by atoms with E-state index in [-0.39, 0.29) is 5.91 Å². The molecule has 2 aromatic heterocycles. The van der Waals surface area contributed by atoms with Gasteiger partial charge in [0.15, 0.2) is 0 Å². The van der Waals surface area contributed by atoms with Crippen molar-refractivity contribution in [3.8, 4) is 0 Å². The molecule has 2 N–H and O–H groups in total. The molecule has 0 aliphatic rings. The maximum Gasteiger partial charge on any atom is 0.264 e. The predicted octanol–water partition coefficient (Wildman–Crippen LogP) is 0.468. The van der Waals surface area contributed by atoms with E-state index in [2.05, 4.69) is 9.97 Å².